The van der Waals surface area contributed by atoms with Crippen LogP contribution in [0.15, 0.2) is 24.5 Å². The van der Waals surface area contributed by atoms with Crippen molar-refractivity contribution in [3.63, 3.8) is 0 Å². The summed E-state index contributed by atoms with van der Waals surface area (Å²) in [6, 6.07) is 3.33. The number of amides is 1. The standard InChI is InChI=1S/C13H20N2O4/c1-14(10-8-19-9-11(16)13(10)18)12(17)4-7-15-5-2-3-6-15/h2-3,5-6,10-11,13,16,18H,4,7-9H2,1H3/t10-,11-,13+/m1/s1. The minimum absolute atomic E-state index is 0.0737. The van der Waals surface area contributed by atoms with Gasteiger partial charge in [-0.15, -0.1) is 0 Å². The highest BCUT2D eigenvalue weighted by Crippen LogP contribution is 2.14. The smallest absolute Gasteiger partial charge is 0.224 e. The second kappa shape index (κ2) is 6.18. The number of aromatic nitrogens is 1. The van der Waals surface area contributed by atoms with Gasteiger partial charge in [0.2, 0.25) is 5.91 Å². The molecule has 0 radical (unpaired) electrons. The molecule has 2 heterocycles. The average Bonchev–Trinajstić information content (AvgIpc) is 2.91. The van der Waals surface area contributed by atoms with E-state index in [0.29, 0.717) is 13.0 Å². The maximum Gasteiger partial charge on any atom is 0.224 e. The molecule has 1 aromatic heterocycles. The highest BCUT2D eigenvalue weighted by Gasteiger charge is 2.35. The van der Waals surface area contributed by atoms with Gasteiger partial charge in [-0.05, 0) is 12.1 Å². The number of nitrogens with zero attached hydrogens (tertiary/aromatic N) is 2. The molecule has 0 spiro atoms. The van der Waals surface area contributed by atoms with Gasteiger partial charge >= 0.3 is 0 Å². The number of aliphatic hydroxyl groups excluding tert-OH is 2. The van der Waals surface area contributed by atoms with E-state index in [1.807, 2.05) is 29.1 Å². The summed E-state index contributed by atoms with van der Waals surface area (Å²) in [7, 11) is 1.63. The molecule has 6 nitrogen and oxygen atoms in total. The van der Waals surface area contributed by atoms with Gasteiger partial charge in [-0.2, -0.15) is 0 Å². The lowest BCUT2D eigenvalue weighted by molar-refractivity contribution is -0.153. The molecule has 2 rings (SSSR count). The molecule has 0 aromatic carbocycles. The molecule has 19 heavy (non-hydrogen) atoms. The van der Waals surface area contributed by atoms with Gasteiger partial charge in [0.25, 0.3) is 0 Å². The molecule has 1 aromatic rings. The molecule has 6 heteroatoms. The van der Waals surface area contributed by atoms with Crippen LogP contribution in [0.3, 0.4) is 0 Å². The lowest BCUT2D eigenvalue weighted by atomic mass is 10.0. The Bertz CT molecular complexity index is 407. The Morgan fingerprint density at radius 3 is 2.74 bits per heavy atom. The van der Waals surface area contributed by atoms with E-state index >= 15 is 0 Å². The highest BCUT2D eigenvalue weighted by atomic mass is 16.5. The monoisotopic (exact) mass is 268 g/mol. The zero-order valence-corrected chi connectivity index (χ0v) is 11.0. The first-order valence-electron chi connectivity index (χ1n) is 6.40. The van der Waals surface area contributed by atoms with E-state index in [1.54, 1.807) is 7.05 Å². The van der Waals surface area contributed by atoms with Crippen molar-refractivity contribution in [3.05, 3.63) is 24.5 Å². The molecule has 1 amide bonds. The largest absolute Gasteiger partial charge is 0.388 e. The van der Waals surface area contributed by atoms with Crippen molar-refractivity contribution in [1.29, 1.82) is 0 Å². The lowest BCUT2D eigenvalue weighted by Crippen LogP contribution is -2.56. The Morgan fingerprint density at radius 2 is 2.05 bits per heavy atom. The Kier molecular flexibility index (Phi) is 4.57. The van der Waals surface area contributed by atoms with E-state index in [-0.39, 0.29) is 19.1 Å². The summed E-state index contributed by atoms with van der Waals surface area (Å²) in [4.78, 5) is 13.5. The second-order valence-electron chi connectivity index (χ2n) is 4.84. The van der Waals surface area contributed by atoms with Crippen LogP contribution < -0.4 is 0 Å². The van der Waals surface area contributed by atoms with Gasteiger partial charge in [-0.3, -0.25) is 4.79 Å². The number of ether oxygens (including phenoxy) is 1. The van der Waals surface area contributed by atoms with Gasteiger partial charge in [0, 0.05) is 32.4 Å². The first-order chi connectivity index (χ1) is 9.09. The number of hydrogen-bond acceptors (Lipinski definition) is 4. The number of likely N-dealkylation sites (N-methyl/N-ethyl adjacent to an activating group) is 1. The van der Waals surface area contributed by atoms with Crippen LogP contribution >= 0.6 is 0 Å². The van der Waals surface area contributed by atoms with Crippen molar-refractivity contribution in [2.45, 2.75) is 31.2 Å². The molecule has 2 N–H and O–H groups in total. The van der Waals surface area contributed by atoms with Crippen LogP contribution in [0.25, 0.3) is 0 Å². The fourth-order valence-corrected chi connectivity index (χ4v) is 2.21. The van der Waals surface area contributed by atoms with Gasteiger partial charge < -0.3 is 24.4 Å². The number of carbonyl (C=O) groups is 1. The van der Waals surface area contributed by atoms with Crippen LogP contribution in [-0.4, -0.2) is 64.1 Å². The van der Waals surface area contributed by atoms with Crippen molar-refractivity contribution in [1.82, 2.24) is 9.47 Å². The van der Waals surface area contributed by atoms with Gasteiger partial charge in [-0.25, -0.2) is 0 Å². The molecular weight excluding hydrogens is 248 g/mol. The fourth-order valence-electron chi connectivity index (χ4n) is 2.21. The molecule has 0 unspecified atom stereocenters. The van der Waals surface area contributed by atoms with E-state index in [2.05, 4.69) is 0 Å². The van der Waals surface area contributed by atoms with Crippen molar-refractivity contribution < 1.29 is 19.7 Å². The summed E-state index contributed by atoms with van der Waals surface area (Å²) in [5, 5.41) is 19.4. The SMILES string of the molecule is CN(C(=O)CCn1cccc1)[C@@H]1COC[C@@H](O)[C@H]1O. The zero-order valence-electron chi connectivity index (χ0n) is 11.0. The number of carbonyl (C=O) groups excluding carboxylic acids is 1. The predicted octanol–water partition coefficient (Wildman–Crippen LogP) is -0.543. The van der Waals surface area contributed by atoms with E-state index in [9.17, 15) is 15.0 Å². The zero-order chi connectivity index (χ0) is 13.8. The van der Waals surface area contributed by atoms with Crippen LogP contribution in [0.2, 0.25) is 0 Å². The summed E-state index contributed by atoms with van der Waals surface area (Å²) < 4.78 is 7.10. The summed E-state index contributed by atoms with van der Waals surface area (Å²) in [6.07, 6.45) is 2.27. The molecule has 0 aliphatic carbocycles. The van der Waals surface area contributed by atoms with E-state index in [0.717, 1.165) is 0 Å². The fraction of sp³-hybridized carbons (Fsp3) is 0.615. The molecule has 3 atom stereocenters. The van der Waals surface area contributed by atoms with Gasteiger partial charge in [0.15, 0.2) is 0 Å². The van der Waals surface area contributed by atoms with E-state index in [1.165, 1.54) is 4.90 Å². The summed E-state index contributed by atoms with van der Waals surface area (Å²) in [6.45, 7) is 0.968. The Morgan fingerprint density at radius 1 is 1.37 bits per heavy atom. The molecule has 106 valence electrons. The summed E-state index contributed by atoms with van der Waals surface area (Å²) in [5.41, 5.74) is 0. The normalized spacial score (nSPS) is 27.2. The highest BCUT2D eigenvalue weighted by molar-refractivity contribution is 5.76. The molecule has 1 aliphatic heterocycles. The summed E-state index contributed by atoms with van der Waals surface area (Å²) >= 11 is 0. The third-order valence-electron chi connectivity index (χ3n) is 3.51. The predicted molar refractivity (Wildman–Crippen MR) is 68.4 cm³/mol. The van der Waals surface area contributed by atoms with Crippen molar-refractivity contribution in [2.75, 3.05) is 20.3 Å². The van der Waals surface area contributed by atoms with Crippen LogP contribution in [0.4, 0.5) is 0 Å². The molecule has 1 saturated heterocycles. The van der Waals surface area contributed by atoms with Crippen molar-refractivity contribution in [2.24, 2.45) is 0 Å². The maximum atomic E-state index is 12.1. The van der Waals surface area contributed by atoms with Crippen LogP contribution in [0, 0.1) is 0 Å². The van der Waals surface area contributed by atoms with Gasteiger partial charge in [0.05, 0.1) is 19.3 Å². The topological polar surface area (TPSA) is 74.9 Å². The number of aliphatic hydroxyl groups is 2. The lowest BCUT2D eigenvalue weighted by Gasteiger charge is -2.37. The number of rotatable bonds is 4. The molecule has 1 fully saturated rings. The van der Waals surface area contributed by atoms with Crippen molar-refractivity contribution in [3.8, 4) is 0 Å². The van der Waals surface area contributed by atoms with Crippen LogP contribution in [-0.2, 0) is 16.1 Å². The number of hydrogen-bond donors (Lipinski definition) is 2. The van der Waals surface area contributed by atoms with Crippen LogP contribution in [0.5, 0.6) is 0 Å². The first kappa shape index (κ1) is 14.0. The Labute approximate surface area is 112 Å². The quantitative estimate of drug-likeness (QED) is 0.769. The minimum Gasteiger partial charge on any atom is -0.388 e. The Hall–Kier alpha value is -1.37. The molecule has 0 bridgehead atoms. The number of aryl methyl sites for hydroxylation is 1. The Balaban J connectivity index is 1.87. The molecule has 1 aliphatic rings. The molecule has 0 saturated carbocycles. The van der Waals surface area contributed by atoms with Crippen molar-refractivity contribution >= 4 is 5.91 Å². The molecular formula is C13H20N2O4. The third-order valence-corrected chi connectivity index (χ3v) is 3.51. The average molecular weight is 268 g/mol. The summed E-state index contributed by atoms with van der Waals surface area (Å²) in [5.74, 6) is -0.0737. The third kappa shape index (κ3) is 3.34. The van der Waals surface area contributed by atoms with Gasteiger partial charge in [-0.1, -0.05) is 0 Å². The van der Waals surface area contributed by atoms with E-state index in [4.69, 9.17) is 4.74 Å². The van der Waals surface area contributed by atoms with Gasteiger partial charge in [0.1, 0.15) is 12.2 Å². The minimum atomic E-state index is -0.950. The van der Waals surface area contributed by atoms with Crippen LogP contribution in [0.1, 0.15) is 6.42 Å². The maximum absolute atomic E-state index is 12.1. The second-order valence-corrected chi connectivity index (χ2v) is 4.84. The first-order valence-corrected chi connectivity index (χ1v) is 6.40. The van der Waals surface area contributed by atoms with E-state index < -0.39 is 18.2 Å².